The summed E-state index contributed by atoms with van der Waals surface area (Å²) < 4.78 is 5.54. The van der Waals surface area contributed by atoms with E-state index in [0.717, 1.165) is 0 Å². The van der Waals surface area contributed by atoms with E-state index in [1.807, 2.05) is 24.3 Å². The first-order valence-corrected chi connectivity index (χ1v) is 7.86. The van der Waals surface area contributed by atoms with E-state index in [1.54, 1.807) is 13.8 Å². The number of carboxylic acid groups (broad SMARTS) is 1. The van der Waals surface area contributed by atoms with Crippen LogP contribution in [0.1, 0.15) is 46.6 Å². The van der Waals surface area contributed by atoms with E-state index in [-0.39, 0.29) is 30.3 Å². The molecule has 5 heteroatoms. The smallest absolute Gasteiger partial charge is 0.326 e. The summed E-state index contributed by atoms with van der Waals surface area (Å²) in [4.78, 5) is 22.8. The van der Waals surface area contributed by atoms with E-state index >= 15 is 0 Å². The molecule has 1 unspecified atom stereocenters. The van der Waals surface area contributed by atoms with Gasteiger partial charge in [-0.15, -0.1) is 0 Å². The van der Waals surface area contributed by atoms with Crippen molar-refractivity contribution in [2.24, 2.45) is 5.92 Å². The van der Waals surface area contributed by atoms with Gasteiger partial charge in [0, 0.05) is 0 Å². The Bertz CT molecular complexity index is 529. The summed E-state index contributed by atoms with van der Waals surface area (Å²) in [6, 6.07) is 6.91. The highest BCUT2D eigenvalue weighted by Gasteiger charge is 2.23. The molecule has 23 heavy (non-hydrogen) atoms. The van der Waals surface area contributed by atoms with Crippen LogP contribution in [0.15, 0.2) is 24.3 Å². The monoisotopic (exact) mass is 321 g/mol. The van der Waals surface area contributed by atoms with Gasteiger partial charge in [0.1, 0.15) is 11.8 Å². The molecule has 0 aliphatic carbocycles. The van der Waals surface area contributed by atoms with Crippen LogP contribution < -0.4 is 10.1 Å². The lowest BCUT2D eigenvalue weighted by molar-refractivity contribution is -0.143. The van der Waals surface area contributed by atoms with Crippen molar-refractivity contribution in [3.63, 3.8) is 0 Å². The normalized spacial score (nSPS) is 12.8. The van der Waals surface area contributed by atoms with Gasteiger partial charge in [-0.1, -0.05) is 46.8 Å². The maximum atomic E-state index is 11.8. The van der Waals surface area contributed by atoms with Crippen LogP contribution in [0.2, 0.25) is 0 Å². The van der Waals surface area contributed by atoms with Crippen molar-refractivity contribution < 1.29 is 19.4 Å². The van der Waals surface area contributed by atoms with Gasteiger partial charge in [-0.25, -0.2) is 4.79 Å². The van der Waals surface area contributed by atoms with Crippen LogP contribution in [0.25, 0.3) is 0 Å². The second kappa shape index (κ2) is 7.99. The highest BCUT2D eigenvalue weighted by atomic mass is 16.5. The summed E-state index contributed by atoms with van der Waals surface area (Å²) in [6.07, 6.45) is 0.123. The first-order valence-electron chi connectivity index (χ1n) is 7.86. The number of hydrogen-bond donors (Lipinski definition) is 2. The van der Waals surface area contributed by atoms with Crippen molar-refractivity contribution in [1.82, 2.24) is 5.32 Å². The predicted octanol–water partition coefficient (Wildman–Crippen LogP) is 2.98. The number of carbonyl (C=O) groups is 2. The Morgan fingerprint density at radius 2 is 1.74 bits per heavy atom. The molecule has 0 aliphatic rings. The number of amides is 1. The van der Waals surface area contributed by atoms with Crippen LogP contribution in [-0.2, 0) is 15.0 Å². The van der Waals surface area contributed by atoms with Gasteiger partial charge >= 0.3 is 5.97 Å². The third-order valence-electron chi connectivity index (χ3n) is 3.57. The van der Waals surface area contributed by atoms with E-state index in [1.165, 1.54) is 5.56 Å². The highest BCUT2D eigenvalue weighted by molar-refractivity contribution is 5.83. The Kier molecular flexibility index (Phi) is 6.61. The zero-order valence-electron chi connectivity index (χ0n) is 14.6. The Balaban J connectivity index is 2.44. The molecule has 1 aromatic carbocycles. The maximum Gasteiger partial charge on any atom is 0.326 e. The highest BCUT2D eigenvalue weighted by Crippen LogP contribution is 2.24. The Morgan fingerprint density at radius 3 is 2.17 bits per heavy atom. The van der Waals surface area contributed by atoms with E-state index in [2.05, 4.69) is 26.1 Å². The molecule has 0 heterocycles. The largest absolute Gasteiger partial charge is 0.493 e. The average molecular weight is 321 g/mol. The minimum Gasteiger partial charge on any atom is -0.493 e. The fourth-order valence-corrected chi connectivity index (χ4v) is 2.07. The van der Waals surface area contributed by atoms with Gasteiger partial charge in [0.25, 0.3) is 0 Å². The van der Waals surface area contributed by atoms with Gasteiger partial charge in [-0.3, -0.25) is 4.79 Å². The lowest BCUT2D eigenvalue weighted by atomic mass is 9.87. The number of ether oxygens (including phenoxy) is 1. The van der Waals surface area contributed by atoms with Crippen LogP contribution >= 0.6 is 0 Å². The van der Waals surface area contributed by atoms with E-state index < -0.39 is 12.0 Å². The van der Waals surface area contributed by atoms with Crippen LogP contribution in [0.5, 0.6) is 5.75 Å². The van der Waals surface area contributed by atoms with Gasteiger partial charge < -0.3 is 15.2 Å². The molecular formula is C18H27NO4. The minimum atomic E-state index is -1.02. The molecule has 0 bridgehead atoms. The quantitative estimate of drug-likeness (QED) is 0.809. The first-order chi connectivity index (χ1) is 10.6. The van der Waals surface area contributed by atoms with E-state index in [4.69, 9.17) is 9.84 Å². The zero-order valence-corrected chi connectivity index (χ0v) is 14.6. The number of aliphatic carboxylic acids is 1. The topological polar surface area (TPSA) is 75.6 Å². The Hall–Kier alpha value is -2.04. The molecule has 1 atom stereocenters. The molecule has 0 aliphatic heterocycles. The second-order valence-corrected chi connectivity index (χ2v) is 7.00. The average Bonchev–Trinajstić information content (AvgIpc) is 2.43. The number of hydrogen-bond acceptors (Lipinski definition) is 3. The van der Waals surface area contributed by atoms with E-state index in [0.29, 0.717) is 5.75 Å². The molecule has 1 aromatic rings. The predicted molar refractivity (Wildman–Crippen MR) is 89.7 cm³/mol. The molecule has 5 nitrogen and oxygen atoms in total. The van der Waals surface area contributed by atoms with Crippen LogP contribution in [0.4, 0.5) is 0 Å². The van der Waals surface area contributed by atoms with Gasteiger partial charge in [0.05, 0.1) is 13.0 Å². The van der Waals surface area contributed by atoms with Crippen molar-refractivity contribution in [2.75, 3.05) is 6.61 Å². The van der Waals surface area contributed by atoms with Gasteiger partial charge in [-0.05, 0) is 29.0 Å². The summed E-state index contributed by atoms with van der Waals surface area (Å²) in [7, 11) is 0. The first kappa shape index (κ1) is 19.0. The maximum absolute atomic E-state index is 11.8. The van der Waals surface area contributed by atoms with Crippen molar-refractivity contribution in [3.8, 4) is 5.75 Å². The second-order valence-electron chi connectivity index (χ2n) is 7.00. The standard InChI is InChI=1S/C18H27NO4/c1-12(2)16(17(21)22)19-15(20)10-11-23-14-8-6-13(7-9-14)18(3,4)5/h6-9,12,16H,10-11H2,1-5H3,(H,19,20)(H,21,22). The zero-order chi connectivity index (χ0) is 17.6. The third kappa shape index (κ3) is 6.30. The molecule has 1 rings (SSSR count). The molecule has 0 saturated heterocycles. The lowest BCUT2D eigenvalue weighted by Crippen LogP contribution is -2.44. The molecule has 0 fully saturated rings. The number of nitrogens with one attached hydrogen (secondary N) is 1. The summed E-state index contributed by atoms with van der Waals surface area (Å²) in [5, 5.41) is 11.6. The number of carboxylic acids is 1. The van der Waals surface area contributed by atoms with Crippen LogP contribution in [0, 0.1) is 5.92 Å². The molecule has 0 radical (unpaired) electrons. The van der Waals surface area contributed by atoms with Gasteiger partial charge in [0.15, 0.2) is 0 Å². The fraction of sp³-hybridized carbons (Fsp3) is 0.556. The summed E-state index contributed by atoms with van der Waals surface area (Å²) in [5.74, 6) is -0.809. The van der Waals surface area contributed by atoms with Crippen LogP contribution in [-0.4, -0.2) is 29.6 Å². The number of benzene rings is 1. The lowest BCUT2D eigenvalue weighted by Gasteiger charge is -2.19. The molecule has 0 spiro atoms. The molecule has 0 aromatic heterocycles. The van der Waals surface area contributed by atoms with Gasteiger partial charge in [0.2, 0.25) is 5.91 Å². The number of carbonyl (C=O) groups excluding carboxylic acids is 1. The fourth-order valence-electron chi connectivity index (χ4n) is 2.07. The Labute approximate surface area is 138 Å². The van der Waals surface area contributed by atoms with E-state index in [9.17, 15) is 9.59 Å². The van der Waals surface area contributed by atoms with Crippen molar-refractivity contribution in [1.29, 1.82) is 0 Å². The van der Waals surface area contributed by atoms with Crippen molar-refractivity contribution in [3.05, 3.63) is 29.8 Å². The SMILES string of the molecule is CC(C)C(NC(=O)CCOc1ccc(C(C)(C)C)cc1)C(=O)O. The minimum absolute atomic E-state index is 0.0844. The Morgan fingerprint density at radius 1 is 1.17 bits per heavy atom. The molecule has 1 amide bonds. The van der Waals surface area contributed by atoms with Crippen LogP contribution in [0.3, 0.4) is 0 Å². The summed E-state index contributed by atoms with van der Waals surface area (Å²) in [5.41, 5.74) is 1.30. The number of rotatable bonds is 7. The summed E-state index contributed by atoms with van der Waals surface area (Å²) in [6.45, 7) is 10.1. The third-order valence-corrected chi connectivity index (χ3v) is 3.57. The summed E-state index contributed by atoms with van der Waals surface area (Å²) >= 11 is 0. The molecule has 128 valence electrons. The molecular weight excluding hydrogens is 294 g/mol. The van der Waals surface area contributed by atoms with Gasteiger partial charge in [-0.2, -0.15) is 0 Å². The van der Waals surface area contributed by atoms with Crippen molar-refractivity contribution >= 4 is 11.9 Å². The van der Waals surface area contributed by atoms with Crippen molar-refractivity contribution in [2.45, 2.75) is 52.5 Å². The molecule has 0 saturated carbocycles. The molecule has 2 N–H and O–H groups in total.